The van der Waals surface area contributed by atoms with Gasteiger partial charge in [0.25, 0.3) is 62.2 Å². The van der Waals surface area contributed by atoms with Crippen LogP contribution >= 0.6 is 0 Å². The van der Waals surface area contributed by atoms with E-state index in [-0.39, 0.29) is 49.0 Å². The zero-order valence-corrected chi connectivity index (χ0v) is 53.9. The Balaban J connectivity index is 1.08. The van der Waals surface area contributed by atoms with Crippen LogP contribution in [0.5, 0.6) is 0 Å². The molecule has 0 fully saturated rings. The van der Waals surface area contributed by atoms with Crippen molar-refractivity contribution in [2.24, 2.45) is 28.2 Å². The minimum absolute atomic E-state index is 0.119. The highest BCUT2D eigenvalue weighted by molar-refractivity contribution is 6.61. The molecule has 18 nitrogen and oxygen atoms in total. The van der Waals surface area contributed by atoms with Crippen LogP contribution in [0, 0.1) is 6.92 Å². The number of hydrogen-bond acceptors (Lipinski definition) is 12. The summed E-state index contributed by atoms with van der Waals surface area (Å²) in [4.78, 5) is 181. The second-order valence-corrected chi connectivity index (χ2v) is 28.6. The molecule has 0 atom stereocenters. The van der Waals surface area contributed by atoms with Gasteiger partial charge in [-0.3, -0.25) is 85.6 Å². The highest BCUT2D eigenvalue weighted by Crippen LogP contribution is 2.62. The van der Waals surface area contributed by atoms with E-state index in [0.29, 0.717) is 217 Å². The lowest BCUT2D eigenvalue weighted by atomic mass is 9.72. The molecule has 0 spiro atoms. The maximum absolute atomic E-state index is 15.8. The maximum Gasteiger partial charge on any atom is 0.261 e. The van der Waals surface area contributed by atoms with Gasteiger partial charge in [-0.25, -0.2) is 0 Å². The van der Waals surface area contributed by atoms with Crippen molar-refractivity contribution in [3.8, 4) is 0 Å². The lowest BCUT2D eigenvalue weighted by molar-refractivity contribution is -0.115. The summed E-state index contributed by atoms with van der Waals surface area (Å²) in [7, 11) is 8.58. The molecule has 0 bridgehead atoms. The molecule has 19 aromatic carbocycles. The number of carbonyl (C=O) groups is 4. The summed E-state index contributed by atoms with van der Waals surface area (Å²) in [5.74, 6) is -1.89. The van der Waals surface area contributed by atoms with Gasteiger partial charge in [-0.05, 0) is 241 Å². The SMILES string of the molecule is Cc1cc2c3c4cc5c(=O)n(C)c(=O)c6ccc7c8ccc9c(=O)n(C)c(=O)c%10cc(c3c3cc%11c%12c(cc%13c%14c%15cc%16c(=O)n(C)c(=O)c%17ccc%18c%19ccc%20c(=O)n(C)c(=O)c%21cc(c%14c%14cc(C(=O)N(C)C=O)c1c1c2c3c%12c%13c%141)c(c%19c%20%21)c%15c%18c%17%16)C(=O)N(C)C%11=O)c(c8c9%10)c4c7c65. The molecule has 1 aliphatic rings. The monoisotopic (exact) mass is 1310 g/mol. The van der Waals surface area contributed by atoms with E-state index in [1.54, 1.807) is 42.5 Å². The second-order valence-electron chi connectivity index (χ2n) is 28.6. The number of fused-ring (bicyclic) bond motifs is 12. The molecule has 0 N–H and O–H groups in total. The van der Waals surface area contributed by atoms with Crippen molar-refractivity contribution in [3.05, 3.63) is 202 Å². The van der Waals surface area contributed by atoms with Crippen LogP contribution in [0.15, 0.2) is 135 Å². The van der Waals surface area contributed by atoms with Crippen molar-refractivity contribution in [1.29, 1.82) is 0 Å². The van der Waals surface area contributed by atoms with Gasteiger partial charge in [0.2, 0.25) is 6.41 Å². The van der Waals surface area contributed by atoms with E-state index >= 15 is 33.6 Å². The lowest BCUT2D eigenvalue weighted by Gasteiger charge is -2.31. The van der Waals surface area contributed by atoms with Crippen molar-refractivity contribution in [1.82, 2.24) is 28.1 Å². The molecule has 24 rings (SSSR count). The third-order valence-corrected chi connectivity index (χ3v) is 24.4. The molecule has 4 aromatic heterocycles. The van der Waals surface area contributed by atoms with E-state index in [1.165, 1.54) is 42.3 Å². The number of hydrogen-bond donors (Lipinski definition) is 0. The van der Waals surface area contributed by atoms with Crippen molar-refractivity contribution < 1.29 is 19.2 Å². The Morgan fingerprint density at radius 1 is 0.277 bits per heavy atom. The lowest BCUT2D eigenvalue weighted by Crippen LogP contribution is -2.37. The van der Waals surface area contributed by atoms with E-state index in [0.717, 1.165) is 28.1 Å². The van der Waals surface area contributed by atoms with E-state index < -0.39 is 62.2 Å². The normalized spacial score (nSPS) is 13.9. The van der Waals surface area contributed by atoms with Gasteiger partial charge in [0, 0.05) is 134 Å². The third kappa shape index (κ3) is 5.21. The first-order chi connectivity index (χ1) is 48.6. The molecular weight excluding hydrogens is 1270 g/mol. The van der Waals surface area contributed by atoms with Crippen LogP contribution in [0.3, 0.4) is 0 Å². The minimum Gasteiger partial charge on any atom is -0.284 e. The Labute approximate surface area is 556 Å². The molecule has 472 valence electrons. The fourth-order valence-corrected chi connectivity index (χ4v) is 20.3. The van der Waals surface area contributed by atoms with Gasteiger partial charge >= 0.3 is 0 Å². The molecular formula is C83H38N6O12. The van der Waals surface area contributed by atoms with Crippen molar-refractivity contribution in [2.45, 2.75) is 6.92 Å². The topological polar surface area (TPSA) is 231 Å². The third-order valence-electron chi connectivity index (χ3n) is 24.4. The number of aromatic nitrogens is 4. The number of rotatable bonds is 2. The summed E-state index contributed by atoms with van der Waals surface area (Å²) in [5.41, 5.74) is -3.21. The largest absolute Gasteiger partial charge is 0.284 e. The van der Waals surface area contributed by atoms with E-state index in [1.807, 2.05) is 61.5 Å². The number of amides is 4. The molecule has 0 unspecified atom stereocenters. The van der Waals surface area contributed by atoms with Crippen LogP contribution in [0.25, 0.3) is 237 Å². The molecule has 18 heteroatoms. The first-order valence-corrected chi connectivity index (χ1v) is 32.9. The average Bonchev–Trinajstić information content (AvgIpc) is 0.663. The molecule has 0 saturated carbocycles. The summed E-state index contributed by atoms with van der Waals surface area (Å²) in [6.07, 6.45) is 0.444. The van der Waals surface area contributed by atoms with Crippen LogP contribution in [0.4, 0.5) is 0 Å². The Bertz CT molecular complexity index is 8760. The van der Waals surface area contributed by atoms with Crippen LogP contribution in [0.1, 0.15) is 36.6 Å². The van der Waals surface area contributed by atoms with Crippen LogP contribution in [-0.2, 0) is 33.0 Å². The zero-order valence-electron chi connectivity index (χ0n) is 53.9. The van der Waals surface area contributed by atoms with E-state index in [2.05, 4.69) is 0 Å². The molecule has 23 aromatic rings. The van der Waals surface area contributed by atoms with Crippen molar-refractivity contribution >= 4 is 261 Å². The molecule has 101 heavy (non-hydrogen) atoms. The molecule has 5 heterocycles. The summed E-state index contributed by atoms with van der Waals surface area (Å²) < 4.78 is 4.38. The van der Waals surface area contributed by atoms with Crippen LogP contribution in [-0.4, -0.2) is 66.3 Å². The van der Waals surface area contributed by atoms with Crippen molar-refractivity contribution in [2.75, 3.05) is 14.1 Å². The minimum atomic E-state index is -0.668. The predicted octanol–water partition coefficient (Wildman–Crippen LogP) is 11.9. The van der Waals surface area contributed by atoms with Gasteiger partial charge in [-0.1, -0.05) is 30.3 Å². The first-order valence-electron chi connectivity index (χ1n) is 32.9. The number of aryl methyl sites for hydroxylation is 1. The molecule has 0 saturated heterocycles. The summed E-state index contributed by atoms with van der Waals surface area (Å²) in [6.45, 7) is 1.89. The number of pyridine rings is 4. The standard InChI is InChI=1S/C83H38N6O12/c1-25-16-34-54-35-18-43-50-30(74(92)85(3)78(43)96)12-8-26-27-9-13-31-51-44(79(97)86(4)75(31)93)19-36(64(60(27)51)63(35)59(26)50)55(54)40-22-47-58-48(83(101)89(7)82(47)100)23-41-57-38-21-46-53-33(77(95)88(6)81(46)99)15-11-29-28-10-14-32-52-45(80(98)87(5)76(32)94)20-37(65(61(28)52)66(38)62(29)53)56(57)39-17-42(73(91)84(2)24-90)49(25)71-67(34)69(40)72(58)70(41)68(39)71/h8-24H,1-7H3. The molecule has 4 amide bonds. The Morgan fingerprint density at radius 2 is 0.515 bits per heavy atom. The number of imide groups is 2. The van der Waals surface area contributed by atoms with Gasteiger partial charge in [-0.2, -0.15) is 0 Å². The van der Waals surface area contributed by atoms with Gasteiger partial charge < -0.3 is 0 Å². The molecule has 1 aliphatic heterocycles. The Hall–Kier alpha value is -13.5. The van der Waals surface area contributed by atoms with E-state index in [4.69, 9.17) is 0 Å². The molecule has 0 aliphatic carbocycles. The predicted molar refractivity (Wildman–Crippen MR) is 400 cm³/mol. The fraction of sp³-hybridized carbons (Fsp3) is 0.0843. The van der Waals surface area contributed by atoms with Crippen LogP contribution < -0.4 is 44.5 Å². The Kier molecular flexibility index (Phi) is 8.53. The van der Waals surface area contributed by atoms with Crippen molar-refractivity contribution in [3.63, 3.8) is 0 Å². The highest BCUT2D eigenvalue weighted by Gasteiger charge is 2.40. The number of carbonyl (C=O) groups excluding carboxylic acids is 4. The second kappa shape index (κ2) is 16.1. The quantitative estimate of drug-likeness (QED) is 0.0681. The average molecular weight is 1310 g/mol. The smallest absolute Gasteiger partial charge is 0.261 e. The Morgan fingerprint density at radius 3 is 0.832 bits per heavy atom. The van der Waals surface area contributed by atoms with Gasteiger partial charge in [0.1, 0.15) is 0 Å². The number of benzene rings is 19. The first kappa shape index (κ1) is 53.6. The van der Waals surface area contributed by atoms with Gasteiger partial charge in [0.05, 0.1) is 0 Å². The van der Waals surface area contributed by atoms with Gasteiger partial charge in [-0.15, -0.1) is 0 Å². The van der Waals surface area contributed by atoms with E-state index in [9.17, 15) is 24.0 Å². The summed E-state index contributed by atoms with van der Waals surface area (Å²) in [5, 5.41) is 21.8. The fourth-order valence-electron chi connectivity index (χ4n) is 20.3. The number of nitrogens with zero attached hydrogens (tertiary/aromatic N) is 6. The van der Waals surface area contributed by atoms with Crippen LogP contribution in [0.2, 0.25) is 0 Å². The molecule has 0 radical (unpaired) electrons. The highest BCUT2D eigenvalue weighted by atomic mass is 16.2. The summed E-state index contributed by atoms with van der Waals surface area (Å²) in [6, 6.07) is 28.9. The zero-order chi connectivity index (χ0) is 68.5. The summed E-state index contributed by atoms with van der Waals surface area (Å²) >= 11 is 0. The van der Waals surface area contributed by atoms with Gasteiger partial charge in [0.15, 0.2) is 0 Å². The maximum atomic E-state index is 15.8.